The van der Waals surface area contributed by atoms with Crippen molar-refractivity contribution in [3.8, 4) is 29.0 Å². The molecule has 2 heterocycles. The maximum absolute atomic E-state index is 11.7. The molecule has 0 unspecified atom stereocenters. The second-order valence-corrected chi connectivity index (χ2v) is 7.35. The molecule has 9 nitrogen and oxygen atoms in total. The minimum absolute atomic E-state index is 0.309. The smallest absolute Gasteiger partial charge is 0.247 e. The molecule has 0 saturated carbocycles. The molecular formula is C25H23N7O2. The molecule has 0 spiro atoms. The first kappa shape index (κ1) is 22.5. The fourth-order valence-corrected chi connectivity index (χ4v) is 3.34. The van der Waals surface area contributed by atoms with Gasteiger partial charge in [-0.3, -0.25) is 4.79 Å². The second kappa shape index (κ2) is 10.3. The topological polar surface area (TPSA) is 128 Å². The highest BCUT2D eigenvalue weighted by Gasteiger charge is 2.13. The molecule has 4 rings (SSSR count). The van der Waals surface area contributed by atoms with Gasteiger partial charge in [0.2, 0.25) is 11.8 Å². The van der Waals surface area contributed by atoms with E-state index in [4.69, 9.17) is 4.74 Å². The van der Waals surface area contributed by atoms with Gasteiger partial charge < -0.3 is 25.7 Å². The van der Waals surface area contributed by atoms with Crippen LogP contribution in [0.5, 0.6) is 11.6 Å². The molecule has 34 heavy (non-hydrogen) atoms. The van der Waals surface area contributed by atoms with Gasteiger partial charge in [-0.1, -0.05) is 18.7 Å². The van der Waals surface area contributed by atoms with Gasteiger partial charge in [0, 0.05) is 30.5 Å². The van der Waals surface area contributed by atoms with Gasteiger partial charge in [-0.05, 0) is 49.0 Å². The molecule has 0 bridgehead atoms. The van der Waals surface area contributed by atoms with Crippen molar-refractivity contribution in [3.63, 3.8) is 0 Å². The van der Waals surface area contributed by atoms with Crippen LogP contribution >= 0.6 is 0 Å². The summed E-state index contributed by atoms with van der Waals surface area (Å²) in [7, 11) is 1.92. The number of amides is 1. The quantitative estimate of drug-likeness (QED) is 0.222. The van der Waals surface area contributed by atoms with Gasteiger partial charge in [0.05, 0.1) is 16.6 Å². The van der Waals surface area contributed by atoms with Crippen LogP contribution in [0.15, 0.2) is 67.5 Å². The van der Waals surface area contributed by atoms with Crippen molar-refractivity contribution < 1.29 is 9.53 Å². The average Bonchev–Trinajstić information content (AvgIpc) is 3.30. The lowest BCUT2D eigenvalue weighted by molar-refractivity contribution is -0.111. The summed E-state index contributed by atoms with van der Waals surface area (Å²) in [5.74, 6) is 0.346. The number of carbonyl (C=O) groups excluding carboxylic acids is 1. The lowest BCUT2D eigenvalue weighted by Crippen LogP contribution is -2.17. The number of aromatic amines is 1. The molecule has 170 valence electrons. The molecule has 4 N–H and O–H groups in total. The third-order valence-corrected chi connectivity index (χ3v) is 5.06. The van der Waals surface area contributed by atoms with Crippen LogP contribution in [-0.4, -0.2) is 41.0 Å². The zero-order chi connectivity index (χ0) is 23.9. The molecule has 0 atom stereocenters. The van der Waals surface area contributed by atoms with E-state index in [9.17, 15) is 10.1 Å². The molecule has 9 heteroatoms. The van der Waals surface area contributed by atoms with Crippen molar-refractivity contribution in [3.05, 3.63) is 73.1 Å². The van der Waals surface area contributed by atoms with Crippen LogP contribution in [0.2, 0.25) is 0 Å². The number of hydrogen-bond donors (Lipinski definition) is 4. The minimum atomic E-state index is -0.420. The zero-order valence-electron chi connectivity index (χ0n) is 18.6. The molecule has 4 aromatic rings. The summed E-state index contributed by atoms with van der Waals surface area (Å²) in [5.41, 5.74) is 4.18. The number of carbonyl (C=O) groups is 1. The van der Waals surface area contributed by atoms with Gasteiger partial charge in [0.25, 0.3) is 0 Å². The highest BCUT2D eigenvalue weighted by Crippen LogP contribution is 2.32. The summed E-state index contributed by atoms with van der Waals surface area (Å²) in [6.07, 6.45) is 2.55. The van der Waals surface area contributed by atoms with Crippen LogP contribution in [0.1, 0.15) is 5.56 Å². The number of ether oxygens (including phenoxy) is 1. The summed E-state index contributed by atoms with van der Waals surface area (Å²) >= 11 is 0. The SMILES string of the molecule is C=CC(=O)Nc1cc(Oc2ncnc3[nH]c(-c4ccc(NCCNC)cc4)cc23)ccc1C#N. The van der Waals surface area contributed by atoms with E-state index in [1.165, 1.54) is 6.33 Å². The van der Waals surface area contributed by atoms with E-state index in [2.05, 4.69) is 37.5 Å². The molecule has 1 amide bonds. The number of rotatable bonds is 9. The zero-order valence-corrected chi connectivity index (χ0v) is 18.6. The van der Waals surface area contributed by atoms with Gasteiger partial charge in [-0.2, -0.15) is 5.26 Å². The Labute approximate surface area is 196 Å². The van der Waals surface area contributed by atoms with Crippen molar-refractivity contribution >= 4 is 28.3 Å². The Bertz CT molecular complexity index is 1370. The lowest BCUT2D eigenvalue weighted by Gasteiger charge is -2.09. The van der Waals surface area contributed by atoms with Crippen LogP contribution in [0, 0.1) is 11.3 Å². The van der Waals surface area contributed by atoms with Crippen molar-refractivity contribution in [1.29, 1.82) is 5.26 Å². The largest absolute Gasteiger partial charge is 0.438 e. The van der Waals surface area contributed by atoms with Crippen molar-refractivity contribution in [2.45, 2.75) is 0 Å². The molecule has 0 radical (unpaired) electrons. The number of benzene rings is 2. The van der Waals surface area contributed by atoms with Crippen LogP contribution in [0.3, 0.4) is 0 Å². The van der Waals surface area contributed by atoms with E-state index < -0.39 is 5.91 Å². The molecule has 0 aliphatic carbocycles. The number of H-pyrrole nitrogens is 1. The molecular weight excluding hydrogens is 430 g/mol. The Morgan fingerprint density at radius 1 is 1.18 bits per heavy atom. The first-order valence-corrected chi connectivity index (χ1v) is 10.6. The van der Waals surface area contributed by atoms with E-state index in [-0.39, 0.29) is 0 Å². The lowest BCUT2D eigenvalue weighted by atomic mass is 10.1. The molecule has 2 aromatic carbocycles. The fraction of sp³-hybridized carbons (Fsp3) is 0.120. The third-order valence-electron chi connectivity index (χ3n) is 5.06. The Hall–Kier alpha value is -4.68. The maximum atomic E-state index is 11.7. The van der Waals surface area contributed by atoms with Gasteiger partial charge in [-0.15, -0.1) is 0 Å². The van der Waals surface area contributed by atoms with Gasteiger partial charge in [-0.25, -0.2) is 9.97 Å². The highest BCUT2D eigenvalue weighted by atomic mass is 16.5. The highest BCUT2D eigenvalue weighted by molar-refractivity contribution is 6.00. The van der Waals surface area contributed by atoms with Crippen LogP contribution in [0.4, 0.5) is 11.4 Å². The number of likely N-dealkylation sites (N-methyl/N-ethyl adjacent to an activating group) is 1. The Kier molecular flexibility index (Phi) is 6.81. The Morgan fingerprint density at radius 2 is 2.00 bits per heavy atom. The van der Waals surface area contributed by atoms with Gasteiger partial charge in [0.1, 0.15) is 23.8 Å². The Balaban J connectivity index is 1.59. The monoisotopic (exact) mass is 453 g/mol. The van der Waals surface area contributed by atoms with Gasteiger partial charge in [0.15, 0.2) is 0 Å². The second-order valence-electron chi connectivity index (χ2n) is 7.35. The standard InChI is InChI=1S/C25H23N7O2/c1-3-23(33)31-21-12-19(9-6-17(21)14-26)34-25-20-13-22(32-24(20)29-15-30-25)16-4-7-18(8-5-16)28-11-10-27-2/h3-9,12-13,15,27-28H,1,10-11H2,2H3,(H,31,33)(H,29,30,32). The number of aromatic nitrogens is 3. The molecule has 0 aliphatic heterocycles. The summed E-state index contributed by atoms with van der Waals surface area (Å²) in [6, 6.07) is 16.8. The summed E-state index contributed by atoms with van der Waals surface area (Å²) in [5, 5.41) is 19.1. The van der Waals surface area contributed by atoms with Crippen molar-refractivity contribution in [1.82, 2.24) is 20.3 Å². The third kappa shape index (κ3) is 5.03. The number of nitrogens with zero attached hydrogens (tertiary/aromatic N) is 3. The molecule has 0 saturated heterocycles. The van der Waals surface area contributed by atoms with Crippen LogP contribution < -0.4 is 20.7 Å². The summed E-state index contributed by atoms with van der Waals surface area (Å²) < 4.78 is 6.00. The first-order chi connectivity index (χ1) is 16.6. The van der Waals surface area contributed by atoms with Crippen molar-refractivity contribution in [2.75, 3.05) is 30.8 Å². The molecule has 0 aliphatic rings. The van der Waals surface area contributed by atoms with E-state index in [1.54, 1.807) is 18.2 Å². The maximum Gasteiger partial charge on any atom is 0.247 e. The number of fused-ring (bicyclic) bond motifs is 1. The number of hydrogen-bond acceptors (Lipinski definition) is 7. The van der Waals surface area contributed by atoms with Crippen LogP contribution in [-0.2, 0) is 4.79 Å². The van der Waals surface area contributed by atoms with E-state index in [0.29, 0.717) is 33.9 Å². The Morgan fingerprint density at radius 3 is 2.74 bits per heavy atom. The molecule has 2 aromatic heterocycles. The minimum Gasteiger partial charge on any atom is -0.438 e. The summed E-state index contributed by atoms with van der Waals surface area (Å²) in [4.78, 5) is 23.6. The van der Waals surface area contributed by atoms with Crippen LogP contribution in [0.25, 0.3) is 22.3 Å². The average molecular weight is 454 g/mol. The van der Waals surface area contributed by atoms with E-state index in [1.807, 2.05) is 43.4 Å². The van der Waals surface area contributed by atoms with Gasteiger partial charge >= 0.3 is 0 Å². The molecule has 0 fully saturated rings. The predicted octanol–water partition coefficient (Wildman–Crippen LogP) is 4.04. The predicted molar refractivity (Wildman–Crippen MR) is 132 cm³/mol. The number of nitriles is 1. The number of nitrogens with one attached hydrogen (secondary N) is 4. The summed E-state index contributed by atoms with van der Waals surface area (Å²) in [6.45, 7) is 5.15. The van der Waals surface area contributed by atoms with E-state index >= 15 is 0 Å². The van der Waals surface area contributed by atoms with Crippen molar-refractivity contribution in [2.24, 2.45) is 0 Å². The normalized spacial score (nSPS) is 10.5. The fourth-order valence-electron chi connectivity index (χ4n) is 3.34. The number of anilines is 2. The van der Waals surface area contributed by atoms with E-state index in [0.717, 1.165) is 36.1 Å². The first-order valence-electron chi connectivity index (χ1n) is 10.6.